The Balaban J connectivity index is 1.73. The molecule has 23 heavy (non-hydrogen) atoms. The van der Waals surface area contributed by atoms with Crippen molar-refractivity contribution in [3.8, 4) is 0 Å². The van der Waals surface area contributed by atoms with Gasteiger partial charge in [-0.05, 0) is 31.0 Å². The number of amidine groups is 1. The summed E-state index contributed by atoms with van der Waals surface area (Å²) in [6.07, 6.45) is 1.73. The van der Waals surface area contributed by atoms with Crippen molar-refractivity contribution in [3.63, 3.8) is 0 Å². The lowest BCUT2D eigenvalue weighted by Crippen LogP contribution is -2.37. The predicted octanol–water partition coefficient (Wildman–Crippen LogP) is 1.84. The van der Waals surface area contributed by atoms with Crippen molar-refractivity contribution in [2.24, 2.45) is 10.9 Å². The van der Waals surface area contributed by atoms with Crippen LogP contribution in [0.25, 0.3) is 0 Å². The Morgan fingerprint density at radius 1 is 1.30 bits per heavy atom. The van der Waals surface area contributed by atoms with E-state index in [1.807, 2.05) is 0 Å². The Hall–Kier alpha value is -1.41. The van der Waals surface area contributed by atoms with Gasteiger partial charge in [0.1, 0.15) is 5.82 Å². The van der Waals surface area contributed by atoms with Crippen LogP contribution in [0, 0.1) is 11.7 Å². The minimum atomic E-state index is -3.11. The molecule has 5 nitrogen and oxygen atoms in total. The zero-order chi connectivity index (χ0) is 16.2. The number of carbonyl (C=O) groups excluding carboxylic acids is 1. The van der Waals surface area contributed by atoms with Gasteiger partial charge in [-0.15, -0.1) is 0 Å². The molecule has 3 fully saturated rings. The summed E-state index contributed by atoms with van der Waals surface area (Å²) in [5, 5.41) is 0.339. The largest absolute Gasteiger partial charge is 0.315 e. The van der Waals surface area contributed by atoms with Crippen LogP contribution in [0.3, 0.4) is 0 Å². The van der Waals surface area contributed by atoms with Crippen LogP contribution in [0.15, 0.2) is 29.3 Å². The Morgan fingerprint density at radius 2 is 2.09 bits per heavy atom. The molecule has 2 heterocycles. The van der Waals surface area contributed by atoms with E-state index in [0.29, 0.717) is 10.9 Å². The van der Waals surface area contributed by atoms with Gasteiger partial charge in [0.05, 0.1) is 17.5 Å². The molecular weight excluding hydrogens is 339 g/mol. The summed E-state index contributed by atoms with van der Waals surface area (Å²) in [6, 6.07) is 5.69. The summed E-state index contributed by atoms with van der Waals surface area (Å²) in [5.74, 6) is -0.467. The molecule has 122 valence electrons. The van der Waals surface area contributed by atoms with Crippen LogP contribution >= 0.6 is 11.8 Å². The monoisotopic (exact) mass is 354 g/mol. The molecule has 4 rings (SSSR count). The molecule has 1 aliphatic carbocycles. The van der Waals surface area contributed by atoms with Gasteiger partial charge in [0.15, 0.2) is 15.0 Å². The van der Waals surface area contributed by atoms with Crippen molar-refractivity contribution >= 4 is 38.4 Å². The number of anilines is 1. The van der Waals surface area contributed by atoms with E-state index in [2.05, 4.69) is 4.99 Å². The predicted molar refractivity (Wildman–Crippen MR) is 87.9 cm³/mol. The molecule has 2 saturated heterocycles. The zero-order valence-corrected chi connectivity index (χ0v) is 13.8. The van der Waals surface area contributed by atoms with Crippen molar-refractivity contribution in [2.45, 2.75) is 24.1 Å². The SMILES string of the molecule is O=C(N=C1S[C@H]2CS(=O)(=O)C[C@H]2N1c1cccc(F)c1)C1CC1. The fourth-order valence-corrected chi connectivity index (χ4v) is 6.93. The summed E-state index contributed by atoms with van der Waals surface area (Å²) in [6.45, 7) is 0. The van der Waals surface area contributed by atoms with E-state index in [4.69, 9.17) is 0 Å². The van der Waals surface area contributed by atoms with Crippen LogP contribution in [0.5, 0.6) is 0 Å². The van der Waals surface area contributed by atoms with Gasteiger partial charge in [0, 0.05) is 16.9 Å². The smallest absolute Gasteiger partial charge is 0.251 e. The van der Waals surface area contributed by atoms with Gasteiger partial charge in [-0.25, -0.2) is 12.8 Å². The van der Waals surface area contributed by atoms with Gasteiger partial charge in [-0.2, -0.15) is 4.99 Å². The Kier molecular flexibility index (Phi) is 3.49. The molecule has 0 N–H and O–H groups in total. The zero-order valence-electron chi connectivity index (χ0n) is 12.2. The lowest BCUT2D eigenvalue weighted by molar-refractivity contribution is -0.118. The molecule has 0 unspecified atom stereocenters. The third kappa shape index (κ3) is 2.89. The number of sulfone groups is 1. The van der Waals surface area contributed by atoms with Crippen LogP contribution in [0.1, 0.15) is 12.8 Å². The quantitative estimate of drug-likeness (QED) is 0.811. The molecule has 0 radical (unpaired) electrons. The first-order valence-electron chi connectivity index (χ1n) is 7.47. The fourth-order valence-electron chi connectivity index (χ4n) is 3.01. The van der Waals surface area contributed by atoms with E-state index < -0.39 is 15.7 Å². The Morgan fingerprint density at radius 3 is 2.78 bits per heavy atom. The van der Waals surface area contributed by atoms with Crippen LogP contribution in [0.2, 0.25) is 0 Å². The fraction of sp³-hybridized carbons (Fsp3) is 0.467. The minimum absolute atomic E-state index is 0.00151. The molecule has 8 heteroatoms. The highest BCUT2D eigenvalue weighted by Gasteiger charge is 2.49. The van der Waals surface area contributed by atoms with Gasteiger partial charge >= 0.3 is 0 Å². The van der Waals surface area contributed by atoms with Gasteiger partial charge in [-0.1, -0.05) is 17.8 Å². The normalized spacial score (nSPS) is 30.7. The highest BCUT2D eigenvalue weighted by Crippen LogP contribution is 2.41. The lowest BCUT2D eigenvalue weighted by Gasteiger charge is -2.24. The third-order valence-corrected chi connectivity index (χ3v) is 7.50. The van der Waals surface area contributed by atoms with Crippen molar-refractivity contribution in [1.29, 1.82) is 0 Å². The molecule has 0 aromatic heterocycles. The van der Waals surface area contributed by atoms with E-state index in [1.165, 1.54) is 23.9 Å². The van der Waals surface area contributed by atoms with Crippen molar-refractivity contribution in [2.75, 3.05) is 16.4 Å². The van der Waals surface area contributed by atoms with Gasteiger partial charge in [0.2, 0.25) is 0 Å². The number of carbonyl (C=O) groups is 1. The standard InChI is InChI=1S/C15H15FN2O3S2/c16-10-2-1-3-11(6-10)18-12-7-23(20,21)8-13(12)22-15(18)17-14(19)9-4-5-9/h1-3,6,9,12-13H,4-5,7-8H2/t12-,13+/m1/s1. The minimum Gasteiger partial charge on any atom is -0.315 e. The Labute approximate surface area is 137 Å². The summed E-state index contributed by atoms with van der Waals surface area (Å²) in [7, 11) is -3.11. The number of nitrogens with zero attached hydrogens (tertiary/aromatic N) is 2. The summed E-state index contributed by atoms with van der Waals surface area (Å²) >= 11 is 1.32. The molecule has 1 aromatic rings. The van der Waals surface area contributed by atoms with Crippen molar-refractivity contribution in [3.05, 3.63) is 30.1 Å². The number of benzene rings is 1. The first-order chi connectivity index (χ1) is 10.9. The number of hydrogen-bond acceptors (Lipinski definition) is 4. The highest BCUT2D eigenvalue weighted by molar-refractivity contribution is 8.16. The molecule has 1 saturated carbocycles. The lowest BCUT2D eigenvalue weighted by atomic mass is 10.2. The van der Waals surface area contributed by atoms with Gasteiger partial charge in [-0.3, -0.25) is 4.79 Å². The summed E-state index contributed by atoms with van der Waals surface area (Å²) < 4.78 is 37.4. The van der Waals surface area contributed by atoms with E-state index in [0.717, 1.165) is 12.8 Å². The van der Waals surface area contributed by atoms with E-state index >= 15 is 0 Å². The third-order valence-electron chi connectivity index (χ3n) is 4.29. The number of rotatable bonds is 2. The highest BCUT2D eigenvalue weighted by atomic mass is 32.2. The molecule has 2 aliphatic heterocycles. The first-order valence-corrected chi connectivity index (χ1v) is 10.2. The number of thioether (sulfide) groups is 1. The number of aliphatic imine (C=N–C) groups is 1. The average molecular weight is 354 g/mol. The number of fused-ring (bicyclic) bond motifs is 1. The van der Waals surface area contributed by atoms with Crippen LogP contribution < -0.4 is 4.90 Å². The molecule has 0 bridgehead atoms. The van der Waals surface area contributed by atoms with Crippen molar-refractivity contribution < 1.29 is 17.6 Å². The number of hydrogen-bond donors (Lipinski definition) is 0. The maximum absolute atomic E-state index is 13.6. The average Bonchev–Trinajstić information content (AvgIpc) is 3.20. The Bertz CT molecular complexity index is 805. The number of amides is 1. The van der Waals surface area contributed by atoms with E-state index in [1.54, 1.807) is 17.0 Å². The maximum atomic E-state index is 13.6. The second kappa shape index (κ2) is 5.31. The second-order valence-corrected chi connectivity index (χ2v) is 9.52. The van der Waals surface area contributed by atoms with E-state index in [-0.39, 0.29) is 34.6 Å². The van der Waals surface area contributed by atoms with Gasteiger partial charge < -0.3 is 4.90 Å². The second-order valence-electron chi connectivity index (χ2n) is 6.16. The van der Waals surface area contributed by atoms with Crippen molar-refractivity contribution in [1.82, 2.24) is 0 Å². The molecular formula is C15H15FN2O3S2. The topological polar surface area (TPSA) is 66.8 Å². The summed E-state index contributed by atoms with van der Waals surface area (Å²) in [4.78, 5) is 18.0. The maximum Gasteiger partial charge on any atom is 0.251 e. The van der Waals surface area contributed by atoms with Crippen LogP contribution in [-0.4, -0.2) is 42.3 Å². The molecule has 3 aliphatic rings. The van der Waals surface area contributed by atoms with Gasteiger partial charge in [0.25, 0.3) is 5.91 Å². The first kappa shape index (κ1) is 15.1. The molecule has 1 amide bonds. The summed E-state index contributed by atoms with van der Waals surface area (Å²) in [5.41, 5.74) is 0.546. The van der Waals surface area contributed by atoms with E-state index in [9.17, 15) is 17.6 Å². The molecule has 0 spiro atoms. The molecule has 2 atom stereocenters. The van der Waals surface area contributed by atoms with Crippen LogP contribution in [-0.2, 0) is 14.6 Å². The van der Waals surface area contributed by atoms with Crippen LogP contribution in [0.4, 0.5) is 10.1 Å². The molecule has 1 aromatic carbocycles. The number of halogens is 1.